The van der Waals surface area contributed by atoms with E-state index in [0.717, 1.165) is 27.1 Å². The summed E-state index contributed by atoms with van der Waals surface area (Å²) in [7, 11) is 2.88. The van der Waals surface area contributed by atoms with Crippen LogP contribution in [0.2, 0.25) is 5.02 Å². The van der Waals surface area contributed by atoms with Gasteiger partial charge < -0.3 is 14.0 Å². The van der Waals surface area contributed by atoms with Gasteiger partial charge in [0.2, 0.25) is 0 Å². The number of hydrogen-bond donors (Lipinski definition) is 0. The summed E-state index contributed by atoms with van der Waals surface area (Å²) in [5.74, 6) is -0.256. The number of hydrogen-bond acceptors (Lipinski definition) is 4. The van der Waals surface area contributed by atoms with Crippen LogP contribution in [0.15, 0.2) is 69.8 Å². The molecule has 0 radical (unpaired) electrons. The number of ether oxygens (including phenoxy) is 2. The highest BCUT2D eigenvalue weighted by Crippen LogP contribution is 2.37. The van der Waals surface area contributed by atoms with Gasteiger partial charge in [0.15, 0.2) is 0 Å². The molecule has 6 nitrogen and oxygen atoms in total. The second kappa shape index (κ2) is 9.76. The second-order valence-corrected chi connectivity index (χ2v) is 9.43. The molecule has 3 aromatic rings. The van der Waals surface area contributed by atoms with Gasteiger partial charge in [-0.3, -0.25) is 9.69 Å². The zero-order valence-electron chi connectivity index (χ0n) is 20.0. The van der Waals surface area contributed by atoms with Gasteiger partial charge in [-0.1, -0.05) is 27.5 Å². The highest BCUT2D eigenvalue weighted by atomic mass is 79.9. The van der Waals surface area contributed by atoms with Gasteiger partial charge in [-0.05, 0) is 80.9 Å². The quantitative estimate of drug-likeness (QED) is 0.270. The molecule has 1 aromatic heterocycles. The van der Waals surface area contributed by atoms with Crippen LogP contribution < -0.4 is 9.64 Å². The molecule has 0 saturated carbocycles. The van der Waals surface area contributed by atoms with E-state index >= 15 is 0 Å². The smallest absolute Gasteiger partial charge is 0.340 e. The van der Waals surface area contributed by atoms with Crippen LogP contribution in [-0.4, -0.2) is 30.7 Å². The molecule has 0 fully saturated rings. The first-order valence-corrected chi connectivity index (χ1v) is 12.0. The van der Waals surface area contributed by atoms with Crippen molar-refractivity contribution in [2.24, 2.45) is 0 Å². The highest BCUT2D eigenvalue weighted by molar-refractivity contribution is 9.10. The topological polar surface area (TPSA) is 60.8 Å². The fraction of sp³-hybridized carbons (Fsp3) is 0.185. The Labute approximate surface area is 217 Å². The van der Waals surface area contributed by atoms with Crippen LogP contribution in [0.4, 0.5) is 5.69 Å². The van der Waals surface area contributed by atoms with Crippen LogP contribution in [0.5, 0.6) is 5.75 Å². The maximum absolute atomic E-state index is 13.6. The van der Waals surface area contributed by atoms with E-state index in [1.54, 1.807) is 20.1 Å². The third-order valence-electron chi connectivity index (χ3n) is 6.04. The zero-order chi connectivity index (χ0) is 25.4. The van der Waals surface area contributed by atoms with E-state index in [2.05, 4.69) is 15.9 Å². The number of carbonyl (C=O) groups is 2. The van der Waals surface area contributed by atoms with E-state index in [9.17, 15) is 9.59 Å². The number of halogens is 2. The Balaban J connectivity index is 1.83. The number of nitrogens with zero attached hydrogens (tertiary/aromatic N) is 2. The maximum atomic E-state index is 13.6. The number of esters is 1. The van der Waals surface area contributed by atoms with Crippen molar-refractivity contribution in [3.8, 4) is 11.4 Å². The number of allylic oxidation sites excluding steroid dienone is 1. The van der Waals surface area contributed by atoms with E-state index < -0.39 is 5.97 Å². The summed E-state index contributed by atoms with van der Waals surface area (Å²) < 4.78 is 13.2. The zero-order valence-corrected chi connectivity index (χ0v) is 22.3. The molecule has 0 spiro atoms. The summed E-state index contributed by atoms with van der Waals surface area (Å²) in [6.45, 7) is 5.67. The lowest BCUT2D eigenvalue weighted by atomic mass is 10.0. The number of aromatic nitrogens is 1. The lowest BCUT2D eigenvalue weighted by molar-refractivity contribution is -0.136. The minimum atomic E-state index is -0.558. The Morgan fingerprint density at radius 2 is 1.66 bits per heavy atom. The Bertz CT molecular complexity index is 1400. The van der Waals surface area contributed by atoms with Gasteiger partial charge in [0.1, 0.15) is 5.75 Å². The van der Waals surface area contributed by atoms with E-state index in [0.29, 0.717) is 22.2 Å². The molecule has 2 aromatic carbocycles. The number of amides is 1. The molecule has 1 aliphatic rings. The van der Waals surface area contributed by atoms with Crippen LogP contribution in [-0.2, 0) is 14.3 Å². The average Bonchev–Trinajstić information content (AvgIpc) is 3.25. The predicted octanol–water partition coefficient (Wildman–Crippen LogP) is 6.40. The van der Waals surface area contributed by atoms with Crippen LogP contribution in [0.25, 0.3) is 11.8 Å². The fourth-order valence-corrected chi connectivity index (χ4v) is 4.88. The van der Waals surface area contributed by atoms with Crippen molar-refractivity contribution in [1.29, 1.82) is 0 Å². The van der Waals surface area contributed by atoms with Crippen molar-refractivity contribution in [2.75, 3.05) is 19.1 Å². The number of benzene rings is 2. The van der Waals surface area contributed by atoms with Gasteiger partial charge in [-0.15, -0.1) is 0 Å². The Kier molecular flexibility index (Phi) is 6.92. The standard InChI is InChI=1S/C27H24BrClN2O4/c1-15-12-18(16(2)30(15)21-10-11-24(34-4)23(29)14-21)13-22-25(27(33)35-5)17(3)31(26(22)32)20-8-6-19(28)7-9-20/h6-14H,1-5H3/b22-13-. The molecular formula is C27H24BrClN2O4. The molecule has 0 saturated heterocycles. The van der Waals surface area contributed by atoms with Gasteiger partial charge in [0.25, 0.3) is 5.91 Å². The van der Waals surface area contributed by atoms with Crippen molar-refractivity contribution in [1.82, 2.24) is 4.57 Å². The molecule has 0 atom stereocenters. The SMILES string of the molecule is COC(=O)C1=C(C)N(c2ccc(Br)cc2)C(=O)/C1=C\c1cc(C)n(-c2ccc(OC)c(Cl)c2)c1C. The van der Waals surface area contributed by atoms with Crippen LogP contribution in [0.1, 0.15) is 23.9 Å². The molecule has 1 aliphatic heterocycles. The monoisotopic (exact) mass is 554 g/mol. The van der Waals surface area contributed by atoms with Crippen LogP contribution >= 0.6 is 27.5 Å². The summed E-state index contributed by atoms with van der Waals surface area (Å²) in [5, 5.41) is 0.500. The first-order chi connectivity index (χ1) is 16.7. The lowest BCUT2D eigenvalue weighted by Gasteiger charge is -2.18. The van der Waals surface area contributed by atoms with Crippen molar-refractivity contribution >= 4 is 51.2 Å². The van der Waals surface area contributed by atoms with Gasteiger partial charge in [0, 0.05) is 32.9 Å². The second-order valence-electron chi connectivity index (χ2n) is 8.11. The Morgan fingerprint density at radius 1 is 1.00 bits per heavy atom. The highest BCUT2D eigenvalue weighted by Gasteiger charge is 2.38. The Hall–Kier alpha value is -3.29. The van der Waals surface area contributed by atoms with Crippen LogP contribution in [0.3, 0.4) is 0 Å². The minimum Gasteiger partial charge on any atom is -0.495 e. The number of anilines is 1. The van der Waals surface area contributed by atoms with Crippen molar-refractivity contribution < 1.29 is 19.1 Å². The van der Waals surface area contributed by atoms with E-state index in [1.807, 2.05) is 66.9 Å². The summed E-state index contributed by atoms with van der Waals surface area (Å²) in [6, 6.07) is 14.9. The summed E-state index contributed by atoms with van der Waals surface area (Å²) >= 11 is 9.77. The minimum absolute atomic E-state index is 0.248. The fourth-order valence-electron chi connectivity index (χ4n) is 4.36. The number of carbonyl (C=O) groups excluding carboxylic acids is 2. The maximum Gasteiger partial charge on any atom is 0.340 e. The molecule has 2 heterocycles. The van der Waals surface area contributed by atoms with Gasteiger partial charge in [-0.25, -0.2) is 4.79 Å². The number of methoxy groups -OCH3 is 2. The molecule has 1 amide bonds. The van der Waals surface area contributed by atoms with E-state index in [4.69, 9.17) is 21.1 Å². The number of aryl methyl sites for hydroxylation is 1. The summed E-state index contributed by atoms with van der Waals surface area (Å²) in [6.07, 6.45) is 1.75. The average molecular weight is 556 g/mol. The molecule has 35 heavy (non-hydrogen) atoms. The molecule has 0 N–H and O–H groups in total. The van der Waals surface area contributed by atoms with Gasteiger partial charge >= 0.3 is 5.97 Å². The molecule has 8 heteroatoms. The van der Waals surface area contributed by atoms with Crippen molar-refractivity contribution in [2.45, 2.75) is 20.8 Å². The largest absolute Gasteiger partial charge is 0.495 e. The first kappa shape index (κ1) is 24.8. The van der Waals surface area contributed by atoms with Gasteiger partial charge in [0.05, 0.1) is 30.4 Å². The lowest BCUT2D eigenvalue weighted by Crippen LogP contribution is -2.24. The van der Waals surface area contributed by atoms with Crippen LogP contribution in [0, 0.1) is 13.8 Å². The molecule has 0 bridgehead atoms. The molecule has 4 rings (SSSR count). The van der Waals surface area contributed by atoms with E-state index in [-0.39, 0.29) is 17.1 Å². The molecule has 180 valence electrons. The molecule has 0 unspecified atom stereocenters. The van der Waals surface area contributed by atoms with Crippen molar-refractivity contribution in [3.05, 3.63) is 91.8 Å². The Morgan fingerprint density at radius 3 is 2.26 bits per heavy atom. The van der Waals surface area contributed by atoms with Crippen molar-refractivity contribution in [3.63, 3.8) is 0 Å². The predicted molar refractivity (Wildman–Crippen MR) is 141 cm³/mol. The number of rotatable bonds is 5. The third-order valence-corrected chi connectivity index (χ3v) is 6.86. The molecular weight excluding hydrogens is 532 g/mol. The normalized spacial score (nSPS) is 14.8. The summed E-state index contributed by atoms with van der Waals surface area (Å²) in [4.78, 5) is 27.9. The third kappa shape index (κ3) is 4.42. The first-order valence-electron chi connectivity index (χ1n) is 10.8. The van der Waals surface area contributed by atoms with Gasteiger partial charge in [-0.2, -0.15) is 0 Å². The molecule has 0 aliphatic carbocycles. The summed E-state index contributed by atoms with van der Waals surface area (Å²) in [5.41, 5.74) is 5.24. The van der Waals surface area contributed by atoms with E-state index in [1.165, 1.54) is 12.0 Å².